The molecule has 24 heavy (non-hydrogen) atoms. The van der Waals surface area contributed by atoms with Crippen molar-refractivity contribution in [2.75, 3.05) is 0 Å². The smallest absolute Gasteiger partial charge is 0.262 e. The molecule has 6 nitrogen and oxygen atoms in total. The zero-order chi connectivity index (χ0) is 16.4. The average molecular weight is 316 g/mol. The average Bonchev–Trinajstić information content (AvgIpc) is 3.09. The van der Waals surface area contributed by atoms with Crippen molar-refractivity contribution >= 4 is 0 Å². The second kappa shape index (κ2) is 5.92. The van der Waals surface area contributed by atoms with Crippen LogP contribution in [0.4, 0.5) is 0 Å². The number of aromatic nitrogens is 4. The van der Waals surface area contributed by atoms with Crippen LogP contribution in [0.3, 0.4) is 0 Å². The molecular weight excluding hydrogens is 304 g/mol. The number of oxazole rings is 1. The van der Waals surface area contributed by atoms with Gasteiger partial charge in [0.2, 0.25) is 11.6 Å². The molecule has 1 N–H and O–H groups in total. The van der Waals surface area contributed by atoms with Crippen molar-refractivity contribution in [1.29, 1.82) is 0 Å². The third kappa shape index (κ3) is 2.61. The van der Waals surface area contributed by atoms with E-state index in [2.05, 4.69) is 19.9 Å². The van der Waals surface area contributed by atoms with Crippen molar-refractivity contribution in [3.8, 4) is 40.2 Å². The Balaban J connectivity index is 1.93. The molecule has 2 heterocycles. The fraction of sp³-hybridized carbons (Fsp3) is 0. The Bertz CT molecular complexity index is 911. The maximum atomic E-state index is 9.82. The van der Waals surface area contributed by atoms with E-state index >= 15 is 0 Å². The number of nitrogens with zero attached hydrogens (tertiary/aromatic N) is 4. The van der Waals surface area contributed by atoms with Crippen LogP contribution in [0.2, 0.25) is 0 Å². The van der Waals surface area contributed by atoms with E-state index in [1.807, 2.05) is 60.7 Å². The Kier molecular flexibility index (Phi) is 3.47. The minimum Gasteiger partial charge on any atom is -0.490 e. The van der Waals surface area contributed by atoms with E-state index in [4.69, 9.17) is 4.42 Å². The molecule has 2 aromatic carbocycles. The number of hydrogen-bond donors (Lipinski definition) is 1. The van der Waals surface area contributed by atoms with Crippen molar-refractivity contribution in [3.63, 3.8) is 0 Å². The molecule has 4 aromatic rings. The van der Waals surface area contributed by atoms with Crippen molar-refractivity contribution in [1.82, 2.24) is 19.9 Å². The number of rotatable bonds is 3. The van der Waals surface area contributed by atoms with Crippen LogP contribution in [0, 0.1) is 0 Å². The second-order valence-electron chi connectivity index (χ2n) is 5.04. The Morgan fingerprint density at radius 3 is 1.62 bits per heavy atom. The summed E-state index contributed by atoms with van der Waals surface area (Å²) in [4.78, 5) is 17.1. The van der Waals surface area contributed by atoms with Gasteiger partial charge in [-0.05, 0) is 0 Å². The molecule has 0 amide bonds. The topological polar surface area (TPSA) is 84.9 Å². The molecule has 0 aliphatic heterocycles. The van der Waals surface area contributed by atoms with Gasteiger partial charge >= 0.3 is 0 Å². The number of hydrogen-bond acceptors (Lipinski definition) is 6. The summed E-state index contributed by atoms with van der Waals surface area (Å²) in [5, 5.41) is 9.82. The van der Waals surface area contributed by atoms with Gasteiger partial charge in [0.15, 0.2) is 18.0 Å². The van der Waals surface area contributed by atoms with Gasteiger partial charge in [0, 0.05) is 11.1 Å². The summed E-state index contributed by atoms with van der Waals surface area (Å²) in [5.41, 5.74) is 1.69. The van der Waals surface area contributed by atoms with Gasteiger partial charge in [0.25, 0.3) is 5.88 Å². The molecule has 0 aliphatic rings. The lowest BCUT2D eigenvalue weighted by molar-refractivity contribution is 0.452. The minimum absolute atomic E-state index is 0.117. The van der Waals surface area contributed by atoms with Gasteiger partial charge in [-0.3, -0.25) is 0 Å². The maximum absolute atomic E-state index is 9.82. The standard InChI is InChI=1S/C18H12N4O2/c23-18-14(24-11-19-18)17-21-15(12-7-3-1-4-8-12)20-16(22-17)13-9-5-2-6-10-13/h1-11,23H. The molecule has 0 unspecified atom stereocenters. The predicted molar refractivity (Wildman–Crippen MR) is 87.9 cm³/mol. The number of benzene rings is 2. The lowest BCUT2D eigenvalue weighted by Crippen LogP contribution is -1.99. The van der Waals surface area contributed by atoms with E-state index in [0.29, 0.717) is 11.6 Å². The molecule has 0 atom stereocenters. The summed E-state index contributed by atoms with van der Waals surface area (Å²) in [6.45, 7) is 0. The highest BCUT2D eigenvalue weighted by atomic mass is 16.4. The monoisotopic (exact) mass is 316 g/mol. The lowest BCUT2D eigenvalue weighted by atomic mass is 10.2. The fourth-order valence-electron chi connectivity index (χ4n) is 2.30. The molecule has 4 rings (SSSR count). The summed E-state index contributed by atoms with van der Waals surface area (Å²) in [6.07, 6.45) is 1.15. The van der Waals surface area contributed by atoms with E-state index in [1.54, 1.807) is 0 Å². The molecule has 2 aromatic heterocycles. The van der Waals surface area contributed by atoms with Crippen molar-refractivity contribution in [2.45, 2.75) is 0 Å². The Morgan fingerprint density at radius 2 is 1.17 bits per heavy atom. The summed E-state index contributed by atoms with van der Waals surface area (Å²) in [6, 6.07) is 19.1. The first-order valence-electron chi connectivity index (χ1n) is 7.31. The van der Waals surface area contributed by atoms with E-state index in [-0.39, 0.29) is 17.5 Å². The normalized spacial score (nSPS) is 10.7. The van der Waals surface area contributed by atoms with Gasteiger partial charge in [-0.2, -0.15) is 4.98 Å². The van der Waals surface area contributed by atoms with Crippen LogP contribution >= 0.6 is 0 Å². The zero-order valence-corrected chi connectivity index (χ0v) is 12.5. The molecule has 0 saturated carbocycles. The van der Waals surface area contributed by atoms with Crippen LogP contribution in [-0.2, 0) is 0 Å². The first-order chi connectivity index (χ1) is 11.8. The molecule has 0 spiro atoms. The van der Waals surface area contributed by atoms with Crippen LogP contribution in [0.5, 0.6) is 5.88 Å². The van der Waals surface area contributed by atoms with Crippen LogP contribution in [0.25, 0.3) is 34.4 Å². The van der Waals surface area contributed by atoms with Gasteiger partial charge in [-0.15, -0.1) is 0 Å². The molecular formula is C18H12N4O2. The van der Waals surface area contributed by atoms with Crippen molar-refractivity contribution < 1.29 is 9.52 Å². The van der Waals surface area contributed by atoms with Gasteiger partial charge in [0.05, 0.1) is 0 Å². The highest BCUT2D eigenvalue weighted by Crippen LogP contribution is 2.28. The summed E-state index contributed by atoms with van der Waals surface area (Å²) in [5.74, 6) is 1.09. The first-order valence-corrected chi connectivity index (χ1v) is 7.31. The van der Waals surface area contributed by atoms with Crippen LogP contribution < -0.4 is 0 Å². The quantitative estimate of drug-likeness (QED) is 0.622. The largest absolute Gasteiger partial charge is 0.490 e. The Hall–Kier alpha value is -3.54. The van der Waals surface area contributed by atoms with E-state index in [1.165, 1.54) is 0 Å². The molecule has 0 fully saturated rings. The first kappa shape index (κ1) is 14.1. The third-order valence-corrected chi connectivity index (χ3v) is 3.45. The van der Waals surface area contributed by atoms with E-state index in [9.17, 15) is 5.11 Å². The zero-order valence-electron chi connectivity index (χ0n) is 12.5. The van der Waals surface area contributed by atoms with Gasteiger partial charge in [0.1, 0.15) is 0 Å². The summed E-state index contributed by atoms with van der Waals surface area (Å²) in [7, 11) is 0. The fourth-order valence-corrected chi connectivity index (χ4v) is 2.30. The van der Waals surface area contributed by atoms with Crippen molar-refractivity contribution in [2.24, 2.45) is 0 Å². The van der Waals surface area contributed by atoms with Gasteiger partial charge in [-0.25, -0.2) is 15.0 Å². The van der Waals surface area contributed by atoms with Crippen LogP contribution in [0.15, 0.2) is 71.5 Å². The minimum atomic E-state index is -0.251. The Morgan fingerprint density at radius 1 is 0.667 bits per heavy atom. The SMILES string of the molecule is Oc1ncoc1-c1nc(-c2ccccc2)nc(-c2ccccc2)n1. The lowest BCUT2D eigenvalue weighted by Gasteiger charge is -2.06. The van der Waals surface area contributed by atoms with E-state index < -0.39 is 0 Å². The molecule has 0 saturated heterocycles. The highest BCUT2D eigenvalue weighted by Gasteiger charge is 2.17. The van der Waals surface area contributed by atoms with Crippen molar-refractivity contribution in [3.05, 3.63) is 67.1 Å². The Labute approximate surface area is 137 Å². The van der Waals surface area contributed by atoms with Gasteiger partial charge < -0.3 is 9.52 Å². The third-order valence-electron chi connectivity index (χ3n) is 3.45. The summed E-state index contributed by atoms with van der Waals surface area (Å²) >= 11 is 0. The molecule has 116 valence electrons. The summed E-state index contributed by atoms with van der Waals surface area (Å²) < 4.78 is 5.22. The number of aromatic hydroxyl groups is 1. The maximum Gasteiger partial charge on any atom is 0.262 e. The van der Waals surface area contributed by atoms with Crippen LogP contribution in [-0.4, -0.2) is 25.0 Å². The molecule has 0 bridgehead atoms. The van der Waals surface area contributed by atoms with E-state index in [0.717, 1.165) is 17.5 Å². The van der Waals surface area contributed by atoms with Crippen LogP contribution in [0.1, 0.15) is 0 Å². The molecule has 0 radical (unpaired) electrons. The predicted octanol–water partition coefficient (Wildman–Crippen LogP) is 3.57. The highest BCUT2D eigenvalue weighted by molar-refractivity contribution is 5.65. The molecule has 0 aliphatic carbocycles. The molecule has 6 heteroatoms. The van der Waals surface area contributed by atoms with Gasteiger partial charge in [-0.1, -0.05) is 60.7 Å². The second-order valence-corrected chi connectivity index (χ2v) is 5.04.